The van der Waals surface area contributed by atoms with E-state index in [0.717, 1.165) is 5.52 Å². The summed E-state index contributed by atoms with van der Waals surface area (Å²) in [6.07, 6.45) is 3.84. The topological polar surface area (TPSA) is 28.7 Å². The first-order chi connectivity index (χ1) is 6.45. The van der Waals surface area contributed by atoms with Crippen LogP contribution in [0.5, 0.6) is 0 Å². The van der Waals surface area contributed by atoms with Gasteiger partial charge in [0.15, 0.2) is 0 Å². The number of nitrogens with one attached hydrogen (secondary N) is 1. The predicted molar refractivity (Wildman–Crippen MR) is 60.8 cm³/mol. The van der Waals surface area contributed by atoms with E-state index in [0.29, 0.717) is 0 Å². The number of hydrogen-bond donors (Lipinski definition) is 1. The zero-order chi connectivity index (χ0) is 8.67. The Labute approximate surface area is 87.4 Å². The van der Waals surface area contributed by atoms with E-state index in [2.05, 4.69) is 16.0 Å². The largest absolute Gasteiger partial charge is 0.361 e. The van der Waals surface area contributed by atoms with Crippen molar-refractivity contribution >= 4 is 34.2 Å². The molecule has 1 N–H and O–H groups in total. The average Bonchev–Trinajstić information content (AvgIpc) is 2.65. The number of H-pyrrole nitrogens is 1. The van der Waals surface area contributed by atoms with E-state index in [-0.39, 0.29) is 12.4 Å². The molecular formula is C11H9ClN2. The van der Waals surface area contributed by atoms with Crippen LogP contribution in [-0.2, 0) is 0 Å². The normalized spacial score (nSPS) is 10.3. The molecule has 0 spiro atoms. The Morgan fingerprint density at radius 3 is 2.86 bits per heavy atom. The fourth-order valence-corrected chi connectivity index (χ4v) is 1.66. The molecule has 0 fully saturated rings. The highest BCUT2D eigenvalue weighted by Crippen LogP contribution is 2.20. The van der Waals surface area contributed by atoms with Crippen molar-refractivity contribution in [3.8, 4) is 0 Å². The maximum absolute atomic E-state index is 4.36. The monoisotopic (exact) mass is 204 g/mol. The Morgan fingerprint density at radius 1 is 1.07 bits per heavy atom. The SMILES string of the molecule is Cl.c1ccc2c(c1)ncc1cc[nH]c12. The first-order valence-electron chi connectivity index (χ1n) is 4.26. The number of hydrogen-bond acceptors (Lipinski definition) is 1. The molecule has 0 atom stereocenters. The van der Waals surface area contributed by atoms with Gasteiger partial charge >= 0.3 is 0 Å². The van der Waals surface area contributed by atoms with Crippen molar-refractivity contribution in [2.75, 3.05) is 0 Å². The van der Waals surface area contributed by atoms with E-state index >= 15 is 0 Å². The molecule has 70 valence electrons. The first-order valence-corrected chi connectivity index (χ1v) is 4.26. The molecule has 3 rings (SSSR count). The summed E-state index contributed by atoms with van der Waals surface area (Å²) in [4.78, 5) is 7.58. The Bertz CT molecular complexity index is 571. The molecular weight excluding hydrogens is 196 g/mol. The van der Waals surface area contributed by atoms with Gasteiger partial charge in [-0.3, -0.25) is 4.98 Å². The highest BCUT2D eigenvalue weighted by atomic mass is 35.5. The molecule has 0 radical (unpaired) electrons. The van der Waals surface area contributed by atoms with Crippen LogP contribution in [0.15, 0.2) is 42.7 Å². The highest BCUT2D eigenvalue weighted by Gasteiger charge is 1.99. The van der Waals surface area contributed by atoms with E-state index < -0.39 is 0 Å². The second-order valence-corrected chi connectivity index (χ2v) is 3.08. The lowest BCUT2D eigenvalue weighted by Crippen LogP contribution is -1.78. The minimum Gasteiger partial charge on any atom is -0.361 e. The maximum atomic E-state index is 4.36. The van der Waals surface area contributed by atoms with Gasteiger partial charge in [0.05, 0.1) is 11.0 Å². The molecule has 2 heterocycles. The summed E-state index contributed by atoms with van der Waals surface area (Å²) in [5, 5.41) is 2.35. The van der Waals surface area contributed by atoms with Gasteiger partial charge in [-0.15, -0.1) is 12.4 Å². The van der Waals surface area contributed by atoms with Gasteiger partial charge in [-0.25, -0.2) is 0 Å². The third kappa shape index (κ3) is 1.16. The molecule has 0 aliphatic rings. The van der Waals surface area contributed by atoms with Gasteiger partial charge in [0.25, 0.3) is 0 Å². The second-order valence-electron chi connectivity index (χ2n) is 3.08. The number of aromatic nitrogens is 2. The molecule has 3 aromatic rings. The molecule has 0 amide bonds. The van der Waals surface area contributed by atoms with Gasteiger partial charge in [0, 0.05) is 23.2 Å². The molecule has 0 unspecified atom stereocenters. The number of rotatable bonds is 0. The summed E-state index contributed by atoms with van der Waals surface area (Å²) >= 11 is 0. The molecule has 0 bridgehead atoms. The third-order valence-corrected chi connectivity index (χ3v) is 2.30. The summed E-state index contributed by atoms with van der Waals surface area (Å²) in [6, 6.07) is 10.2. The fourth-order valence-electron chi connectivity index (χ4n) is 1.66. The van der Waals surface area contributed by atoms with Crippen LogP contribution in [0.4, 0.5) is 0 Å². The van der Waals surface area contributed by atoms with Crippen LogP contribution < -0.4 is 0 Å². The number of pyridine rings is 1. The van der Waals surface area contributed by atoms with Crippen LogP contribution >= 0.6 is 12.4 Å². The number of aromatic amines is 1. The predicted octanol–water partition coefficient (Wildman–Crippen LogP) is 3.14. The quantitative estimate of drug-likeness (QED) is 0.599. The molecule has 0 saturated heterocycles. The van der Waals surface area contributed by atoms with Gasteiger partial charge in [0.2, 0.25) is 0 Å². The zero-order valence-electron chi connectivity index (χ0n) is 7.40. The first kappa shape index (κ1) is 9.03. The molecule has 0 aliphatic carbocycles. The third-order valence-electron chi connectivity index (χ3n) is 2.30. The molecule has 3 heteroatoms. The van der Waals surface area contributed by atoms with Crippen molar-refractivity contribution < 1.29 is 0 Å². The van der Waals surface area contributed by atoms with Gasteiger partial charge < -0.3 is 4.98 Å². The van der Waals surface area contributed by atoms with E-state index in [9.17, 15) is 0 Å². The molecule has 2 aromatic heterocycles. The Hall–Kier alpha value is -1.54. The Kier molecular flexibility index (Phi) is 2.14. The van der Waals surface area contributed by atoms with Crippen LogP contribution in [0.1, 0.15) is 0 Å². The van der Waals surface area contributed by atoms with Crippen molar-refractivity contribution in [1.29, 1.82) is 0 Å². The standard InChI is InChI=1S/C11H8N2.ClH/c1-2-4-10-9(3-1)11-8(7-13-10)5-6-12-11;/h1-7,12H;1H. The van der Waals surface area contributed by atoms with E-state index in [4.69, 9.17) is 0 Å². The summed E-state index contributed by atoms with van der Waals surface area (Å²) in [5.41, 5.74) is 2.21. The summed E-state index contributed by atoms with van der Waals surface area (Å²) in [5.74, 6) is 0. The molecule has 0 aliphatic heterocycles. The van der Waals surface area contributed by atoms with Crippen LogP contribution in [-0.4, -0.2) is 9.97 Å². The number of fused-ring (bicyclic) bond motifs is 3. The molecule has 14 heavy (non-hydrogen) atoms. The van der Waals surface area contributed by atoms with Crippen LogP contribution in [0, 0.1) is 0 Å². The second kappa shape index (κ2) is 3.31. The highest BCUT2D eigenvalue weighted by molar-refractivity contribution is 6.02. The number of halogens is 1. The van der Waals surface area contributed by atoms with E-state index in [1.54, 1.807) is 0 Å². The van der Waals surface area contributed by atoms with Crippen molar-refractivity contribution in [1.82, 2.24) is 9.97 Å². The summed E-state index contributed by atoms with van der Waals surface area (Å²) < 4.78 is 0. The fraction of sp³-hybridized carbons (Fsp3) is 0. The van der Waals surface area contributed by atoms with E-state index in [1.807, 2.05) is 36.7 Å². The van der Waals surface area contributed by atoms with Gasteiger partial charge in [-0.05, 0) is 12.1 Å². The van der Waals surface area contributed by atoms with Crippen LogP contribution in [0.2, 0.25) is 0 Å². The summed E-state index contributed by atoms with van der Waals surface area (Å²) in [7, 11) is 0. The van der Waals surface area contributed by atoms with Crippen molar-refractivity contribution in [3.05, 3.63) is 42.7 Å². The van der Waals surface area contributed by atoms with Gasteiger partial charge in [0.1, 0.15) is 0 Å². The minimum atomic E-state index is 0. The van der Waals surface area contributed by atoms with Crippen molar-refractivity contribution in [2.24, 2.45) is 0 Å². The zero-order valence-corrected chi connectivity index (χ0v) is 8.21. The summed E-state index contributed by atoms with van der Waals surface area (Å²) in [6.45, 7) is 0. The van der Waals surface area contributed by atoms with E-state index in [1.165, 1.54) is 16.3 Å². The van der Waals surface area contributed by atoms with Gasteiger partial charge in [-0.1, -0.05) is 18.2 Å². The number of benzene rings is 1. The Morgan fingerprint density at radius 2 is 1.93 bits per heavy atom. The smallest absolute Gasteiger partial charge is 0.0723 e. The number of para-hydroxylation sites is 1. The molecule has 0 saturated carbocycles. The maximum Gasteiger partial charge on any atom is 0.0723 e. The van der Waals surface area contributed by atoms with Crippen molar-refractivity contribution in [2.45, 2.75) is 0 Å². The van der Waals surface area contributed by atoms with Crippen LogP contribution in [0.3, 0.4) is 0 Å². The molecule has 1 aromatic carbocycles. The lowest BCUT2D eigenvalue weighted by Gasteiger charge is -1.96. The Balaban J connectivity index is 0.000000750. The molecule has 2 nitrogen and oxygen atoms in total. The number of nitrogens with zero attached hydrogens (tertiary/aromatic N) is 1. The van der Waals surface area contributed by atoms with Crippen molar-refractivity contribution in [3.63, 3.8) is 0 Å². The van der Waals surface area contributed by atoms with Gasteiger partial charge in [-0.2, -0.15) is 0 Å². The van der Waals surface area contributed by atoms with Crippen LogP contribution in [0.25, 0.3) is 21.8 Å². The average molecular weight is 205 g/mol. The minimum absolute atomic E-state index is 0. The lowest BCUT2D eigenvalue weighted by atomic mass is 10.2. The lowest BCUT2D eigenvalue weighted by molar-refractivity contribution is 1.43.